The zero-order valence-electron chi connectivity index (χ0n) is 53.2. The van der Waals surface area contributed by atoms with Gasteiger partial charge in [-0.2, -0.15) is 0 Å². The van der Waals surface area contributed by atoms with Crippen molar-refractivity contribution in [2.24, 2.45) is 0 Å². The van der Waals surface area contributed by atoms with Crippen molar-refractivity contribution >= 4 is 17.9 Å². The first-order chi connectivity index (χ1) is 39.6. The minimum atomic E-state index is -1.51. The fourth-order valence-electron chi connectivity index (χ4n) is 9.23. The van der Waals surface area contributed by atoms with E-state index in [0.29, 0.717) is 17.4 Å². The molecule has 0 aliphatic carbocycles. The number of aliphatic carboxylic acids is 1. The quantitative estimate of drug-likeness (QED) is 0.0211. The van der Waals surface area contributed by atoms with Crippen LogP contribution in [0.3, 0.4) is 0 Å². The minimum absolute atomic E-state index is 0.184. The predicted octanol–water partition coefficient (Wildman–Crippen LogP) is 20.5. The van der Waals surface area contributed by atoms with Crippen LogP contribution in [0.15, 0.2) is 97.2 Å². The number of unbranched alkanes of at least 4 members (excludes halogenated alkanes) is 30. The number of carbonyl (C=O) groups is 3. The third-order valence-corrected chi connectivity index (χ3v) is 14.3. The van der Waals surface area contributed by atoms with Crippen LogP contribution in [-0.4, -0.2) is 87.4 Å². The molecule has 0 aliphatic rings. The number of esters is 2. The van der Waals surface area contributed by atoms with Crippen molar-refractivity contribution < 1.29 is 42.9 Å². The van der Waals surface area contributed by atoms with E-state index >= 15 is 0 Å². The van der Waals surface area contributed by atoms with E-state index < -0.39 is 24.3 Å². The van der Waals surface area contributed by atoms with Crippen LogP contribution in [0.25, 0.3) is 0 Å². The number of carbonyl (C=O) groups excluding carboxylic acids is 2. The summed E-state index contributed by atoms with van der Waals surface area (Å²) in [7, 11) is 5.97. The van der Waals surface area contributed by atoms with Crippen molar-refractivity contribution in [1.29, 1.82) is 0 Å². The number of nitrogens with zero attached hydrogens (tertiary/aromatic N) is 1. The summed E-state index contributed by atoms with van der Waals surface area (Å²) in [5.74, 6) is -2.00. The van der Waals surface area contributed by atoms with Gasteiger partial charge in [-0.15, -0.1) is 0 Å². The molecular formula is C72H126NO8+. The Kier molecular flexibility index (Phi) is 59.3. The Bertz CT molecular complexity index is 1650. The van der Waals surface area contributed by atoms with E-state index in [-0.39, 0.29) is 32.2 Å². The average molecular weight is 1130 g/mol. The zero-order chi connectivity index (χ0) is 59.1. The van der Waals surface area contributed by atoms with Crippen molar-refractivity contribution in [3.63, 3.8) is 0 Å². The van der Waals surface area contributed by atoms with Gasteiger partial charge in [0.1, 0.15) is 13.2 Å². The maximum absolute atomic E-state index is 12.9. The smallest absolute Gasteiger partial charge is 0.361 e. The summed E-state index contributed by atoms with van der Waals surface area (Å²) in [5, 5.41) is 9.73. The standard InChI is InChI=1S/C72H125NO8/c1-6-8-10-12-14-16-18-20-22-24-26-27-28-29-30-31-32-33-34-35-36-37-38-39-40-41-42-43-45-47-49-51-53-55-57-59-61-63-70(75)81-68(67-80-72(71(76)77)78-65-64-73(3,4)5)66-79-69(74)62-60-58-56-54-52-50-48-46-44-25-23-21-19-17-15-13-11-9-7-2/h8,10,14,16,20-23,26-27,29-30,32-33,35-36,68,72H,6-7,9,11-13,15,17-19,24-25,28,31,34,37-67H2,1-5H3/p+1/b10-8-,16-14-,22-20-,23-21-,27-26-,30-29-,33-32-,36-35-. The summed E-state index contributed by atoms with van der Waals surface area (Å²) in [6.45, 7) is 4.78. The lowest BCUT2D eigenvalue weighted by Crippen LogP contribution is -2.40. The van der Waals surface area contributed by atoms with Crippen molar-refractivity contribution in [3.8, 4) is 0 Å². The number of carboxylic acid groups (broad SMARTS) is 1. The Morgan fingerprint density at radius 1 is 0.383 bits per heavy atom. The van der Waals surface area contributed by atoms with Gasteiger partial charge < -0.3 is 28.5 Å². The molecule has 0 rings (SSSR count). The molecule has 1 N–H and O–H groups in total. The van der Waals surface area contributed by atoms with Gasteiger partial charge in [-0.3, -0.25) is 9.59 Å². The van der Waals surface area contributed by atoms with Crippen molar-refractivity contribution in [2.45, 2.75) is 296 Å². The lowest BCUT2D eigenvalue weighted by atomic mass is 10.0. The summed E-state index contributed by atoms with van der Waals surface area (Å²) < 4.78 is 22.9. The van der Waals surface area contributed by atoms with E-state index in [0.717, 1.165) is 83.5 Å². The first-order valence-corrected chi connectivity index (χ1v) is 33.4. The Morgan fingerprint density at radius 2 is 0.704 bits per heavy atom. The topological polar surface area (TPSA) is 108 Å². The Hall–Kier alpha value is -3.79. The molecule has 9 nitrogen and oxygen atoms in total. The SMILES string of the molecule is CC/C=C\C/C=C\C/C=C\C/C=C\C/C=C\C/C=C\C/C=C\CCCCCCCCCCCCCCCCCC(=O)OC(COC(=O)CCCCCCCCCCC/C=C\CCCCCCCC)COC(OCC[N+](C)(C)C)C(=O)O. The van der Waals surface area contributed by atoms with E-state index in [1.165, 1.54) is 173 Å². The highest BCUT2D eigenvalue weighted by molar-refractivity contribution is 5.71. The minimum Gasteiger partial charge on any atom is -0.477 e. The molecule has 0 aromatic heterocycles. The van der Waals surface area contributed by atoms with Crippen molar-refractivity contribution in [2.75, 3.05) is 47.5 Å². The van der Waals surface area contributed by atoms with E-state index in [2.05, 4.69) is 111 Å². The van der Waals surface area contributed by atoms with Crippen LogP contribution < -0.4 is 0 Å². The van der Waals surface area contributed by atoms with Gasteiger partial charge in [0.15, 0.2) is 6.10 Å². The highest BCUT2D eigenvalue weighted by atomic mass is 16.7. The lowest BCUT2D eigenvalue weighted by Gasteiger charge is -2.25. The van der Waals surface area contributed by atoms with Gasteiger partial charge in [0.25, 0.3) is 6.29 Å². The molecule has 0 saturated heterocycles. The highest BCUT2D eigenvalue weighted by Gasteiger charge is 2.25. The first kappa shape index (κ1) is 77.2. The third-order valence-electron chi connectivity index (χ3n) is 14.3. The molecular weight excluding hydrogens is 1010 g/mol. The molecule has 0 heterocycles. The van der Waals surface area contributed by atoms with Gasteiger partial charge in [-0.1, -0.05) is 272 Å². The maximum Gasteiger partial charge on any atom is 0.361 e. The summed E-state index contributed by atoms with van der Waals surface area (Å²) in [6.07, 6.45) is 82.2. The molecule has 0 bridgehead atoms. The molecule has 0 spiro atoms. The van der Waals surface area contributed by atoms with Crippen LogP contribution in [0.1, 0.15) is 284 Å². The van der Waals surface area contributed by atoms with Gasteiger partial charge in [-0.25, -0.2) is 4.79 Å². The van der Waals surface area contributed by atoms with Crippen LogP contribution in [0.4, 0.5) is 0 Å². The maximum atomic E-state index is 12.9. The van der Waals surface area contributed by atoms with Crippen LogP contribution in [0, 0.1) is 0 Å². The predicted molar refractivity (Wildman–Crippen MR) is 345 cm³/mol. The number of carboxylic acids is 1. The average Bonchev–Trinajstić information content (AvgIpc) is 3.44. The lowest BCUT2D eigenvalue weighted by molar-refractivity contribution is -0.870. The zero-order valence-corrected chi connectivity index (χ0v) is 53.2. The molecule has 0 aromatic rings. The number of rotatable bonds is 61. The molecule has 0 amide bonds. The van der Waals surface area contributed by atoms with E-state index in [4.69, 9.17) is 18.9 Å². The second-order valence-electron chi connectivity index (χ2n) is 23.4. The number of allylic oxidation sites excluding steroid dienone is 16. The molecule has 9 heteroatoms. The fraction of sp³-hybridized carbons (Fsp3) is 0.736. The van der Waals surface area contributed by atoms with Gasteiger partial charge in [0.05, 0.1) is 34.4 Å². The summed E-state index contributed by atoms with van der Waals surface area (Å²) in [6, 6.07) is 0. The monoisotopic (exact) mass is 1130 g/mol. The molecule has 2 atom stereocenters. The first-order valence-electron chi connectivity index (χ1n) is 33.4. The number of hydrogen-bond donors (Lipinski definition) is 1. The second-order valence-corrected chi connectivity index (χ2v) is 23.4. The van der Waals surface area contributed by atoms with E-state index in [1.54, 1.807) is 0 Å². The summed E-state index contributed by atoms with van der Waals surface area (Å²) in [4.78, 5) is 37.5. The van der Waals surface area contributed by atoms with Gasteiger partial charge in [0, 0.05) is 12.8 Å². The van der Waals surface area contributed by atoms with Crippen LogP contribution in [-0.2, 0) is 33.3 Å². The molecule has 0 saturated carbocycles. The Balaban J connectivity index is 4.10. The fourth-order valence-corrected chi connectivity index (χ4v) is 9.23. The largest absolute Gasteiger partial charge is 0.477 e. The summed E-state index contributed by atoms with van der Waals surface area (Å²) in [5.41, 5.74) is 0. The molecule has 466 valence electrons. The summed E-state index contributed by atoms with van der Waals surface area (Å²) >= 11 is 0. The molecule has 81 heavy (non-hydrogen) atoms. The Morgan fingerprint density at radius 3 is 1.06 bits per heavy atom. The van der Waals surface area contributed by atoms with Gasteiger partial charge in [-0.05, 0) is 96.3 Å². The van der Waals surface area contributed by atoms with Crippen LogP contribution in [0.2, 0.25) is 0 Å². The number of hydrogen-bond acceptors (Lipinski definition) is 7. The number of quaternary nitrogens is 1. The number of ether oxygens (including phenoxy) is 4. The normalized spacial score (nSPS) is 13.3. The van der Waals surface area contributed by atoms with Gasteiger partial charge in [0.2, 0.25) is 0 Å². The van der Waals surface area contributed by atoms with E-state index in [9.17, 15) is 19.5 Å². The highest BCUT2D eigenvalue weighted by Crippen LogP contribution is 2.17. The van der Waals surface area contributed by atoms with Gasteiger partial charge >= 0.3 is 17.9 Å². The second kappa shape index (κ2) is 62.3. The van der Waals surface area contributed by atoms with E-state index in [1.807, 2.05) is 21.1 Å². The van der Waals surface area contributed by atoms with Crippen LogP contribution in [0.5, 0.6) is 0 Å². The molecule has 2 unspecified atom stereocenters. The molecule has 0 radical (unpaired) electrons. The van der Waals surface area contributed by atoms with Crippen molar-refractivity contribution in [1.82, 2.24) is 0 Å². The van der Waals surface area contributed by atoms with Crippen LogP contribution >= 0.6 is 0 Å². The molecule has 0 fully saturated rings. The number of likely N-dealkylation sites (N-methyl/N-ethyl adjacent to an activating group) is 1. The Labute approximate surface area is 499 Å². The molecule has 0 aromatic carbocycles. The van der Waals surface area contributed by atoms with Crippen molar-refractivity contribution in [3.05, 3.63) is 97.2 Å². The molecule has 0 aliphatic heterocycles. The third kappa shape index (κ3) is 63.6.